The predicted molar refractivity (Wildman–Crippen MR) is 73.4 cm³/mol. The van der Waals surface area contributed by atoms with Gasteiger partial charge in [-0.3, -0.25) is 4.79 Å². The van der Waals surface area contributed by atoms with Gasteiger partial charge in [-0.05, 0) is 32.0 Å². The number of carboxylic acids is 1. The van der Waals surface area contributed by atoms with E-state index in [0.29, 0.717) is 16.9 Å². The molecule has 1 aromatic carbocycles. The number of aromatic amines is 1. The van der Waals surface area contributed by atoms with Gasteiger partial charge in [0.25, 0.3) is 0 Å². The van der Waals surface area contributed by atoms with Gasteiger partial charge in [0.05, 0.1) is 6.10 Å². The van der Waals surface area contributed by atoms with Gasteiger partial charge in [-0.1, -0.05) is 12.1 Å². The minimum Gasteiger partial charge on any atom is -0.491 e. The Labute approximate surface area is 116 Å². The SMILES string of the molecule is CC(C)Oc1cccc(C(=O)c2c[nH]c(C(=O)O)c2)c1. The van der Waals surface area contributed by atoms with Gasteiger partial charge in [-0.2, -0.15) is 0 Å². The Kier molecular flexibility index (Phi) is 3.89. The topological polar surface area (TPSA) is 79.4 Å². The summed E-state index contributed by atoms with van der Waals surface area (Å²) in [7, 11) is 0. The first-order valence-electron chi connectivity index (χ1n) is 6.20. The lowest BCUT2D eigenvalue weighted by molar-refractivity contribution is 0.0691. The van der Waals surface area contributed by atoms with Gasteiger partial charge in [-0.15, -0.1) is 0 Å². The second-order valence-corrected chi connectivity index (χ2v) is 4.63. The van der Waals surface area contributed by atoms with Gasteiger partial charge in [0, 0.05) is 17.3 Å². The molecule has 0 fully saturated rings. The average molecular weight is 273 g/mol. The van der Waals surface area contributed by atoms with E-state index in [-0.39, 0.29) is 17.6 Å². The third kappa shape index (κ3) is 3.06. The van der Waals surface area contributed by atoms with Crippen LogP contribution in [0.2, 0.25) is 0 Å². The number of benzene rings is 1. The molecule has 1 aromatic heterocycles. The molecule has 0 saturated carbocycles. The lowest BCUT2D eigenvalue weighted by atomic mass is 10.1. The van der Waals surface area contributed by atoms with Crippen molar-refractivity contribution in [3.8, 4) is 5.75 Å². The van der Waals surface area contributed by atoms with Crippen LogP contribution >= 0.6 is 0 Å². The number of carbonyl (C=O) groups excluding carboxylic acids is 1. The van der Waals surface area contributed by atoms with Crippen LogP contribution < -0.4 is 4.74 Å². The van der Waals surface area contributed by atoms with Crippen molar-refractivity contribution in [3.63, 3.8) is 0 Å². The van der Waals surface area contributed by atoms with Crippen LogP contribution in [-0.4, -0.2) is 27.9 Å². The molecule has 2 aromatic rings. The predicted octanol–water partition coefficient (Wildman–Crippen LogP) is 2.73. The minimum atomic E-state index is -1.10. The van der Waals surface area contributed by atoms with Crippen molar-refractivity contribution in [3.05, 3.63) is 53.3 Å². The van der Waals surface area contributed by atoms with Crippen LogP contribution in [-0.2, 0) is 0 Å². The lowest BCUT2D eigenvalue weighted by Gasteiger charge is -2.10. The highest BCUT2D eigenvalue weighted by molar-refractivity contribution is 6.10. The lowest BCUT2D eigenvalue weighted by Crippen LogP contribution is -2.07. The van der Waals surface area contributed by atoms with Gasteiger partial charge < -0.3 is 14.8 Å². The zero-order valence-corrected chi connectivity index (χ0v) is 11.2. The van der Waals surface area contributed by atoms with E-state index in [2.05, 4.69) is 4.98 Å². The fourth-order valence-corrected chi connectivity index (χ4v) is 1.80. The molecule has 0 unspecified atom stereocenters. The second-order valence-electron chi connectivity index (χ2n) is 4.63. The number of hydrogen-bond acceptors (Lipinski definition) is 3. The summed E-state index contributed by atoms with van der Waals surface area (Å²) < 4.78 is 5.53. The van der Waals surface area contributed by atoms with E-state index >= 15 is 0 Å². The van der Waals surface area contributed by atoms with Crippen LogP contribution in [0.25, 0.3) is 0 Å². The summed E-state index contributed by atoms with van der Waals surface area (Å²) in [6.45, 7) is 3.81. The van der Waals surface area contributed by atoms with Gasteiger partial charge >= 0.3 is 5.97 Å². The van der Waals surface area contributed by atoms with E-state index in [1.54, 1.807) is 24.3 Å². The highest BCUT2D eigenvalue weighted by Crippen LogP contribution is 2.18. The molecule has 1 heterocycles. The molecule has 0 aliphatic rings. The molecule has 0 aliphatic heterocycles. The van der Waals surface area contributed by atoms with E-state index in [0.717, 1.165) is 0 Å². The normalized spacial score (nSPS) is 10.6. The number of carboxylic acid groups (broad SMARTS) is 1. The Morgan fingerprint density at radius 1 is 1.20 bits per heavy atom. The largest absolute Gasteiger partial charge is 0.491 e. The van der Waals surface area contributed by atoms with Gasteiger partial charge in [-0.25, -0.2) is 4.79 Å². The molecular weight excluding hydrogens is 258 g/mol. The van der Waals surface area contributed by atoms with E-state index in [9.17, 15) is 9.59 Å². The summed E-state index contributed by atoms with van der Waals surface area (Å²) >= 11 is 0. The highest BCUT2D eigenvalue weighted by Gasteiger charge is 2.14. The Hall–Kier alpha value is -2.56. The summed E-state index contributed by atoms with van der Waals surface area (Å²) in [6.07, 6.45) is 1.41. The van der Waals surface area contributed by atoms with Crippen LogP contribution in [0.3, 0.4) is 0 Å². The molecule has 0 saturated heterocycles. The molecule has 2 rings (SSSR count). The first kappa shape index (κ1) is 13.9. The fourth-order valence-electron chi connectivity index (χ4n) is 1.80. The van der Waals surface area contributed by atoms with Crippen molar-refractivity contribution in [1.29, 1.82) is 0 Å². The molecule has 5 nitrogen and oxygen atoms in total. The van der Waals surface area contributed by atoms with Crippen LogP contribution in [0.1, 0.15) is 40.3 Å². The molecule has 0 amide bonds. The summed E-state index contributed by atoms with van der Waals surface area (Å²) in [5, 5.41) is 8.83. The van der Waals surface area contributed by atoms with Gasteiger partial charge in [0.1, 0.15) is 11.4 Å². The molecule has 5 heteroatoms. The van der Waals surface area contributed by atoms with Crippen molar-refractivity contribution >= 4 is 11.8 Å². The summed E-state index contributed by atoms with van der Waals surface area (Å²) in [5.74, 6) is -0.733. The molecule has 20 heavy (non-hydrogen) atoms. The molecule has 0 aliphatic carbocycles. The van der Waals surface area contributed by atoms with Crippen molar-refractivity contribution in [2.75, 3.05) is 0 Å². The number of aromatic nitrogens is 1. The smallest absolute Gasteiger partial charge is 0.352 e. The van der Waals surface area contributed by atoms with E-state index < -0.39 is 5.97 Å². The van der Waals surface area contributed by atoms with Crippen LogP contribution in [0, 0.1) is 0 Å². The quantitative estimate of drug-likeness (QED) is 0.821. The summed E-state index contributed by atoms with van der Waals surface area (Å²) in [6, 6.07) is 8.14. The van der Waals surface area contributed by atoms with Gasteiger partial charge in [0.15, 0.2) is 5.78 Å². The summed E-state index contributed by atoms with van der Waals surface area (Å²) in [5.41, 5.74) is 0.756. The molecule has 104 valence electrons. The third-order valence-corrected chi connectivity index (χ3v) is 2.64. The highest BCUT2D eigenvalue weighted by atomic mass is 16.5. The number of carbonyl (C=O) groups is 2. The van der Waals surface area contributed by atoms with Gasteiger partial charge in [0.2, 0.25) is 0 Å². The Bertz CT molecular complexity index is 643. The number of rotatable bonds is 5. The molecule has 0 atom stereocenters. The number of nitrogens with one attached hydrogen (secondary N) is 1. The number of ether oxygens (including phenoxy) is 1. The van der Waals surface area contributed by atoms with Crippen molar-refractivity contribution in [2.24, 2.45) is 0 Å². The van der Waals surface area contributed by atoms with Crippen molar-refractivity contribution in [1.82, 2.24) is 4.98 Å². The van der Waals surface area contributed by atoms with E-state index in [1.165, 1.54) is 12.3 Å². The van der Waals surface area contributed by atoms with Crippen LogP contribution in [0.15, 0.2) is 36.5 Å². The molecule has 0 radical (unpaired) electrons. The average Bonchev–Trinajstić information content (AvgIpc) is 2.87. The number of hydrogen-bond donors (Lipinski definition) is 2. The number of aromatic carboxylic acids is 1. The first-order valence-corrected chi connectivity index (χ1v) is 6.20. The molecule has 0 spiro atoms. The molecular formula is C15H15NO4. The van der Waals surface area contributed by atoms with Crippen molar-refractivity contribution < 1.29 is 19.4 Å². The summed E-state index contributed by atoms with van der Waals surface area (Å²) in [4.78, 5) is 25.6. The molecule has 0 bridgehead atoms. The maximum Gasteiger partial charge on any atom is 0.352 e. The maximum atomic E-state index is 12.3. The maximum absolute atomic E-state index is 12.3. The Balaban J connectivity index is 2.25. The monoisotopic (exact) mass is 273 g/mol. The third-order valence-electron chi connectivity index (χ3n) is 2.64. The minimum absolute atomic E-state index is 0.0112. The number of ketones is 1. The molecule has 2 N–H and O–H groups in total. The standard InChI is InChI=1S/C15H15NO4/c1-9(2)20-12-5-3-4-10(6-12)14(17)11-7-13(15(18)19)16-8-11/h3-9,16H,1-2H3,(H,18,19). The number of H-pyrrole nitrogens is 1. The van der Waals surface area contributed by atoms with Crippen molar-refractivity contribution in [2.45, 2.75) is 20.0 Å². The van der Waals surface area contributed by atoms with E-state index in [4.69, 9.17) is 9.84 Å². The Morgan fingerprint density at radius 3 is 2.55 bits per heavy atom. The zero-order chi connectivity index (χ0) is 14.7. The van der Waals surface area contributed by atoms with Crippen LogP contribution in [0.4, 0.5) is 0 Å². The zero-order valence-electron chi connectivity index (χ0n) is 11.2. The first-order chi connectivity index (χ1) is 9.47. The van der Waals surface area contributed by atoms with Crippen LogP contribution in [0.5, 0.6) is 5.75 Å². The fraction of sp³-hybridized carbons (Fsp3) is 0.200. The Morgan fingerprint density at radius 2 is 1.95 bits per heavy atom. The van der Waals surface area contributed by atoms with E-state index in [1.807, 2.05) is 13.8 Å². The second kappa shape index (κ2) is 5.61.